The number of aromatic nitrogens is 4. The van der Waals surface area contributed by atoms with Crippen LogP contribution in [0.2, 0.25) is 0 Å². The first-order valence-corrected chi connectivity index (χ1v) is 9.60. The molecule has 1 amide bonds. The van der Waals surface area contributed by atoms with Crippen molar-refractivity contribution in [1.29, 1.82) is 0 Å². The predicted molar refractivity (Wildman–Crippen MR) is 112 cm³/mol. The number of aryl methyl sites for hydroxylation is 1. The van der Waals surface area contributed by atoms with Crippen LogP contribution < -0.4 is 15.8 Å². The van der Waals surface area contributed by atoms with E-state index in [1.54, 1.807) is 19.3 Å². The van der Waals surface area contributed by atoms with Crippen molar-refractivity contribution in [3.05, 3.63) is 64.8 Å². The Labute approximate surface area is 173 Å². The van der Waals surface area contributed by atoms with Crippen molar-refractivity contribution in [3.8, 4) is 11.4 Å². The fourth-order valence-electron chi connectivity index (χ4n) is 3.32. The molecule has 0 spiro atoms. The molecule has 3 aromatic rings. The summed E-state index contributed by atoms with van der Waals surface area (Å²) >= 11 is 0. The van der Waals surface area contributed by atoms with Gasteiger partial charge < -0.3 is 15.0 Å². The first-order valence-electron chi connectivity index (χ1n) is 9.60. The minimum Gasteiger partial charge on any atom is -0.365 e. The van der Waals surface area contributed by atoms with Crippen LogP contribution in [0.15, 0.2) is 53.7 Å². The van der Waals surface area contributed by atoms with Gasteiger partial charge in [0.05, 0.1) is 24.5 Å². The third kappa shape index (κ3) is 4.20. The number of ether oxygens (including phenoxy) is 1. The summed E-state index contributed by atoms with van der Waals surface area (Å²) < 4.78 is 7.15. The van der Waals surface area contributed by atoms with E-state index in [-0.39, 0.29) is 18.0 Å². The lowest BCUT2D eigenvalue weighted by atomic mass is 10.2. The number of hydrogen-bond donors (Lipinski definition) is 1. The van der Waals surface area contributed by atoms with Crippen LogP contribution in [0, 0.1) is 6.92 Å². The smallest absolute Gasteiger partial charge is 0.255 e. The Morgan fingerprint density at radius 2 is 2.10 bits per heavy atom. The molecule has 0 aliphatic carbocycles. The molecule has 9 nitrogen and oxygen atoms in total. The number of nitrogens with zero attached hydrogens (tertiary/aromatic N) is 5. The molecule has 0 radical (unpaired) electrons. The van der Waals surface area contributed by atoms with E-state index in [1.165, 1.54) is 17.0 Å². The van der Waals surface area contributed by atoms with Crippen LogP contribution in [0.4, 0.5) is 11.6 Å². The number of benzene rings is 1. The summed E-state index contributed by atoms with van der Waals surface area (Å²) in [6.07, 6.45) is 2.33. The van der Waals surface area contributed by atoms with Crippen molar-refractivity contribution in [2.45, 2.75) is 13.0 Å². The van der Waals surface area contributed by atoms with Crippen molar-refractivity contribution in [1.82, 2.24) is 19.5 Å². The minimum absolute atomic E-state index is 0.208. The Balaban J connectivity index is 1.56. The highest BCUT2D eigenvalue weighted by Gasteiger charge is 2.29. The average Bonchev–Trinajstić information content (AvgIpc) is 2.76. The Kier molecular flexibility index (Phi) is 5.53. The van der Waals surface area contributed by atoms with E-state index >= 15 is 0 Å². The fraction of sp³-hybridized carbons (Fsp3) is 0.286. The number of carbonyl (C=O) groups is 1. The molecule has 1 N–H and O–H groups in total. The van der Waals surface area contributed by atoms with E-state index in [0.717, 1.165) is 11.3 Å². The molecule has 1 saturated heterocycles. The number of anilines is 2. The molecule has 1 aliphatic heterocycles. The summed E-state index contributed by atoms with van der Waals surface area (Å²) in [5.41, 5.74) is 2.59. The van der Waals surface area contributed by atoms with E-state index in [0.29, 0.717) is 30.5 Å². The summed E-state index contributed by atoms with van der Waals surface area (Å²) in [5.74, 6) is 0.232. The number of carbonyl (C=O) groups excluding carboxylic acids is 1. The second kappa shape index (κ2) is 8.42. The molecule has 1 atom stereocenters. The highest BCUT2D eigenvalue weighted by molar-refractivity contribution is 5.94. The van der Waals surface area contributed by atoms with Gasteiger partial charge in [0.2, 0.25) is 5.95 Å². The zero-order chi connectivity index (χ0) is 21.1. The minimum atomic E-state index is -0.682. The van der Waals surface area contributed by atoms with Crippen molar-refractivity contribution < 1.29 is 9.53 Å². The molecule has 3 heterocycles. The summed E-state index contributed by atoms with van der Waals surface area (Å²) in [5, 5.41) is 2.89. The molecule has 1 unspecified atom stereocenters. The number of hydrogen-bond acceptors (Lipinski definition) is 7. The molecule has 154 valence electrons. The van der Waals surface area contributed by atoms with Crippen LogP contribution in [0.5, 0.6) is 0 Å². The van der Waals surface area contributed by atoms with E-state index in [2.05, 4.69) is 20.3 Å². The third-order valence-electron chi connectivity index (χ3n) is 4.88. The lowest BCUT2D eigenvalue weighted by Gasteiger charge is -2.33. The van der Waals surface area contributed by atoms with Crippen molar-refractivity contribution in [3.63, 3.8) is 0 Å². The van der Waals surface area contributed by atoms with Gasteiger partial charge in [0.1, 0.15) is 6.33 Å². The first kappa shape index (κ1) is 19.7. The Morgan fingerprint density at radius 1 is 1.23 bits per heavy atom. The van der Waals surface area contributed by atoms with E-state index in [9.17, 15) is 9.59 Å². The maximum Gasteiger partial charge on any atom is 0.255 e. The van der Waals surface area contributed by atoms with Gasteiger partial charge >= 0.3 is 0 Å². The normalized spacial score (nSPS) is 16.3. The Bertz CT molecular complexity index is 1120. The number of morpholine rings is 1. The van der Waals surface area contributed by atoms with E-state index < -0.39 is 6.10 Å². The van der Waals surface area contributed by atoms with E-state index in [4.69, 9.17) is 4.74 Å². The fourth-order valence-corrected chi connectivity index (χ4v) is 3.32. The van der Waals surface area contributed by atoms with Crippen LogP contribution in [0.25, 0.3) is 11.4 Å². The molecular weight excluding hydrogens is 384 g/mol. The van der Waals surface area contributed by atoms with Crippen LogP contribution in [0.3, 0.4) is 0 Å². The standard InChI is InChI=1S/C21H22N6O3/c1-14-4-3-5-15(10-14)24-20(29)18-12-27(8-9-30-18)21-25-17(11-19(28)26(21)2)16-6-7-22-13-23-16/h3-7,10-11,13,18H,8-9,12H2,1-2H3,(H,24,29). The average molecular weight is 406 g/mol. The third-order valence-corrected chi connectivity index (χ3v) is 4.88. The first-order chi connectivity index (χ1) is 14.5. The number of amides is 1. The van der Waals surface area contributed by atoms with Crippen molar-refractivity contribution in [2.24, 2.45) is 7.05 Å². The summed E-state index contributed by atoms with van der Waals surface area (Å²) in [6, 6.07) is 10.7. The molecule has 1 aromatic carbocycles. The molecule has 0 bridgehead atoms. The van der Waals surface area contributed by atoms with Crippen LogP contribution in [-0.4, -0.2) is 51.2 Å². The summed E-state index contributed by atoms with van der Waals surface area (Å²) in [7, 11) is 1.66. The second-order valence-corrected chi connectivity index (χ2v) is 7.10. The van der Waals surface area contributed by atoms with Gasteiger partial charge in [-0.25, -0.2) is 15.0 Å². The van der Waals surface area contributed by atoms with Crippen molar-refractivity contribution in [2.75, 3.05) is 29.9 Å². The molecular formula is C21H22N6O3. The predicted octanol–water partition coefficient (Wildman–Crippen LogP) is 1.39. The van der Waals surface area contributed by atoms with Gasteiger partial charge in [-0.1, -0.05) is 12.1 Å². The lowest BCUT2D eigenvalue weighted by Crippen LogP contribution is -2.49. The van der Waals surface area contributed by atoms with Crippen LogP contribution in [0.1, 0.15) is 5.56 Å². The zero-order valence-corrected chi connectivity index (χ0v) is 16.8. The molecule has 4 rings (SSSR count). The molecule has 2 aromatic heterocycles. The molecule has 30 heavy (non-hydrogen) atoms. The molecule has 9 heteroatoms. The second-order valence-electron chi connectivity index (χ2n) is 7.10. The Morgan fingerprint density at radius 3 is 2.87 bits per heavy atom. The van der Waals surface area contributed by atoms with Gasteiger partial charge in [-0.15, -0.1) is 0 Å². The zero-order valence-electron chi connectivity index (χ0n) is 16.8. The largest absolute Gasteiger partial charge is 0.365 e. The summed E-state index contributed by atoms with van der Waals surface area (Å²) in [6.45, 7) is 3.11. The van der Waals surface area contributed by atoms with Gasteiger partial charge in [0.15, 0.2) is 6.10 Å². The number of rotatable bonds is 4. The van der Waals surface area contributed by atoms with Gasteiger partial charge in [0.25, 0.3) is 11.5 Å². The SMILES string of the molecule is Cc1cccc(NC(=O)C2CN(c3nc(-c4ccncn4)cc(=O)n3C)CCO2)c1. The Hall–Kier alpha value is -3.59. The molecule has 0 saturated carbocycles. The highest BCUT2D eigenvalue weighted by Crippen LogP contribution is 2.19. The van der Waals surface area contributed by atoms with Crippen LogP contribution >= 0.6 is 0 Å². The van der Waals surface area contributed by atoms with Gasteiger partial charge in [-0.3, -0.25) is 14.2 Å². The maximum absolute atomic E-state index is 12.7. The maximum atomic E-state index is 12.7. The topological polar surface area (TPSA) is 102 Å². The monoisotopic (exact) mass is 406 g/mol. The van der Waals surface area contributed by atoms with Crippen molar-refractivity contribution >= 4 is 17.5 Å². The van der Waals surface area contributed by atoms with Gasteiger partial charge in [-0.2, -0.15) is 0 Å². The van der Waals surface area contributed by atoms with Gasteiger partial charge in [-0.05, 0) is 30.7 Å². The molecule has 1 aliphatic rings. The molecule has 1 fully saturated rings. The quantitative estimate of drug-likeness (QED) is 0.698. The lowest BCUT2D eigenvalue weighted by molar-refractivity contribution is -0.128. The van der Waals surface area contributed by atoms with Gasteiger partial charge in [0, 0.05) is 31.5 Å². The summed E-state index contributed by atoms with van der Waals surface area (Å²) in [4.78, 5) is 39.8. The highest BCUT2D eigenvalue weighted by atomic mass is 16.5. The van der Waals surface area contributed by atoms with E-state index in [1.807, 2.05) is 36.1 Å². The number of nitrogens with one attached hydrogen (secondary N) is 1. The van der Waals surface area contributed by atoms with Crippen LogP contribution in [-0.2, 0) is 16.6 Å².